The molecule has 1 fully saturated rings. The number of ketones is 1. The molecular formula is C19H17Cl4NO3. The largest absolute Gasteiger partial charge is 0.457 e. The Bertz CT molecular complexity index is 951. The summed E-state index contributed by atoms with van der Waals surface area (Å²) < 4.78 is 5.92. The Morgan fingerprint density at radius 3 is 2.33 bits per heavy atom. The Morgan fingerprint density at radius 2 is 1.78 bits per heavy atom. The second-order valence-electron chi connectivity index (χ2n) is 6.93. The zero-order chi connectivity index (χ0) is 20.1. The van der Waals surface area contributed by atoms with Crippen LogP contribution in [0.5, 0.6) is 0 Å². The highest BCUT2D eigenvalue weighted by atomic mass is 35.5. The van der Waals surface area contributed by atoms with Gasteiger partial charge in [-0.25, -0.2) is 0 Å². The van der Waals surface area contributed by atoms with Crippen LogP contribution in [0.1, 0.15) is 35.1 Å². The van der Waals surface area contributed by atoms with Crippen LogP contribution in [0.4, 0.5) is 0 Å². The molecule has 1 aliphatic carbocycles. The summed E-state index contributed by atoms with van der Waals surface area (Å²) in [5.74, 6) is -0.874. The number of carbonyl (C=O) groups excluding carboxylic acids is 2. The van der Waals surface area contributed by atoms with Crippen molar-refractivity contribution in [3.63, 3.8) is 0 Å². The summed E-state index contributed by atoms with van der Waals surface area (Å²) in [5, 5.41) is 0.876. The quantitative estimate of drug-likeness (QED) is 0.334. The molecule has 2 aromatic rings. The molecule has 1 aromatic heterocycles. The van der Waals surface area contributed by atoms with Gasteiger partial charge in [0.2, 0.25) is 5.78 Å². The van der Waals surface area contributed by atoms with E-state index in [1.807, 2.05) is 24.5 Å². The number of benzene rings is 1. The van der Waals surface area contributed by atoms with Crippen LogP contribution in [0.15, 0.2) is 24.3 Å². The Kier molecular flexibility index (Phi) is 5.32. The van der Waals surface area contributed by atoms with Crippen LogP contribution in [0, 0.1) is 19.3 Å². The third-order valence-electron chi connectivity index (χ3n) is 4.94. The van der Waals surface area contributed by atoms with Crippen LogP contribution in [0.25, 0.3) is 5.69 Å². The first-order valence-corrected chi connectivity index (χ1v) is 9.72. The molecule has 8 heteroatoms. The minimum absolute atomic E-state index is 0.304. The molecule has 1 atom stereocenters. The van der Waals surface area contributed by atoms with Gasteiger partial charge in [-0.1, -0.05) is 23.2 Å². The second-order valence-corrected chi connectivity index (χ2v) is 9.23. The van der Waals surface area contributed by atoms with E-state index in [0.717, 1.165) is 11.4 Å². The third-order valence-corrected chi connectivity index (χ3v) is 6.78. The lowest BCUT2D eigenvalue weighted by molar-refractivity contribution is -0.148. The molecule has 0 N–H and O–H groups in total. The average molecular weight is 449 g/mol. The van der Waals surface area contributed by atoms with Crippen molar-refractivity contribution in [2.75, 3.05) is 6.61 Å². The minimum atomic E-state index is -1.13. The summed E-state index contributed by atoms with van der Waals surface area (Å²) >= 11 is 24.0. The number of Topliss-reactive ketones (excluding diaryl/α,β-unsaturated/α-hetero) is 1. The molecule has 1 saturated carbocycles. The minimum Gasteiger partial charge on any atom is -0.457 e. The summed E-state index contributed by atoms with van der Waals surface area (Å²) in [6.07, 6.45) is 0.308. The first-order chi connectivity index (χ1) is 12.5. The second kappa shape index (κ2) is 7.00. The monoisotopic (exact) mass is 447 g/mol. The smallest absolute Gasteiger partial charge is 0.315 e. The van der Waals surface area contributed by atoms with Crippen molar-refractivity contribution < 1.29 is 14.3 Å². The summed E-state index contributed by atoms with van der Waals surface area (Å²) in [5.41, 5.74) is 1.85. The normalized spacial score (nSPS) is 20.4. The van der Waals surface area contributed by atoms with E-state index in [9.17, 15) is 9.59 Å². The third kappa shape index (κ3) is 3.61. The van der Waals surface area contributed by atoms with E-state index in [1.165, 1.54) is 0 Å². The van der Waals surface area contributed by atoms with Crippen LogP contribution >= 0.6 is 46.4 Å². The lowest BCUT2D eigenvalue weighted by Crippen LogP contribution is -2.24. The van der Waals surface area contributed by atoms with Crippen molar-refractivity contribution >= 4 is 58.2 Å². The topological polar surface area (TPSA) is 48.3 Å². The number of aromatic nitrogens is 1. The average Bonchev–Trinajstić information content (AvgIpc) is 2.96. The van der Waals surface area contributed by atoms with Gasteiger partial charge >= 0.3 is 5.97 Å². The molecule has 1 aliphatic rings. The molecule has 27 heavy (non-hydrogen) atoms. The maximum atomic E-state index is 12.6. The summed E-state index contributed by atoms with van der Waals surface area (Å²) in [4.78, 5) is 24.7. The van der Waals surface area contributed by atoms with E-state index in [1.54, 1.807) is 25.1 Å². The molecule has 1 aromatic carbocycles. The van der Waals surface area contributed by atoms with Crippen molar-refractivity contribution in [1.29, 1.82) is 0 Å². The van der Waals surface area contributed by atoms with Gasteiger partial charge in [-0.05, 0) is 45.0 Å². The zero-order valence-electron chi connectivity index (χ0n) is 14.9. The Hall–Kier alpha value is -1.20. The van der Waals surface area contributed by atoms with E-state index in [0.29, 0.717) is 27.7 Å². The van der Waals surface area contributed by atoms with Crippen LogP contribution < -0.4 is 0 Å². The SMILES string of the molecule is Cc1cc(C(=O)COC(=O)C2(C)CC2(Cl)Cl)c(C)n1-c1ccc(Cl)c(Cl)c1. The standard InChI is InChI=1S/C19H17Cl4NO3/c1-10-6-13(11(2)24(10)12-4-5-14(20)15(21)7-12)16(25)8-27-17(26)18(3)9-19(18,22)23/h4-7H,8-9H2,1-3H3. The number of carbonyl (C=O) groups is 2. The van der Waals surface area contributed by atoms with Crippen LogP contribution in [-0.4, -0.2) is 27.3 Å². The predicted molar refractivity (Wildman–Crippen MR) is 108 cm³/mol. The number of hydrogen-bond donors (Lipinski definition) is 0. The number of esters is 1. The molecule has 3 rings (SSSR count). The van der Waals surface area contributed by atoms with Gasteiger partial charge in [0, 0.05) is 29.1 Å². The molecule has 0 saturated heterocycles. The van der Waals surface area contributed by atoms with E-state index < -0.39 is 15.7 Å². The predicted octanol–water partition coefficient (Wildman–Crippen LogP) is 5.71. The zero-order valence-corrected chi connectivity index (χ0v) is 17.9. The Balaban J connectivity index is 1.79. The fourth-order valence-electron chi connectivity index (χ4n) is 3.06. The number of alkyl halides is 2. The molecule has 0 bridgehead atoms. The molecular weight excluding hydrogens is 432 g/mol. The number of rotatable bonds is 5. The van der Waals surface area contributed by atoms with Gasteiger partial charge in [-0.15, -0.1) is 23.2 Å². The van der Waals surface area contributed by atoms with Gasteiger partial charge in [0.15, 0.2) is 6.61 Å². The lowest BCUT2D eigenvalue weighted by atomic mass is 10.1. The van der Waals surface area contributed by atoms with Crippen LogP contribution in [0.3, 0.4) is 0 Å². The number of nitrogens with zero attached hydrogens (tertiary/aromatic N) is 1. The van der Waals surface area contributed by atoms with Crippen molar-refractivity contribution in [3.05, 3.63) is 51.3 Å². The van der Waals surface area contributed by atoms with Crippen molar-refractivity contribution in [3.8, 4) is 5.69 Å². The van der Waals surface area contributed by atoms with E-state index in [2.05, 4.69) is 0 Å². The maximum Gasteiger partial charge on any atom is 0.315 e. The van der Waals surface area contributed by atoms with Gasteiger partial charge in [0.05, 0.1) is 10.0 Å². The highest BCUT2D eigenvalue weighted by molar-refractivity contribution is 6.53. The molecule has 4 nitrogen and oxygen atoms in total. The van der Waals surface area contributed by atoms with Gasteiger partial charge in [-0.3, -0.25) is 9.59 Å². The number of halogens is 4. The number of aryl methyl sites for hydroxylation is 1. The molecule has 144 valence electrons. The highest BCUT2D eigenvalue weighted by Gasteiger charge is 2.69. The van der Waals surface area contributed by atoms with Crippen molar-refractivity contribution in [1.82, 2.24) is 4.57 Å². The van der Waals surface area contributed by atoms with Crippen molar-refractivity contribution in [2.24, 2.45) is 5.41 Å². The maximum absolute atomic E-state index is 12.6. The highest BCUT2D eigenvalue weighted by Crippen LogP contribution is 2.64. The fraction of sp³-hybridized carbons (Fsp3) is 0.368. The van der Waals surface area contributed by atoms with Crippen LogP contribution in [0.2, 0.25) is 10.0 Å². The van der Waals surface area contributed by atoms with Gasteiger partial charge in [-0.2, -0.15) is 0 Å². The summed E-state index contributed by atoms with van der Waals surface area (Å²) in [6, 6.07) is 6.99. The Labute approximate surface area is 177 Å². The molecule has 0 spiro atoms. The molecule has 0 amide bonds. The van der Waals surface area contributed by atoms with E-state index >= 15 is 0 Å². The van der Waals surface area contributed by atoms with Gasteiger partial charge in [0.1, 0.15) is 9.75 Å². The number of ether oxygens (including phenoxy) is 1. The molecule has 1 heterocycles. The summed E-state index contributed by atoms with van der Waals surface area (Å²) in [7, 11) is 0. The first-order valence-electron chi connectivity index (χ1n) is 8.20. The number of hydrogen-bond acceptors (Lipinski definition) is 3. The fourth-order valence-corrected chi connectivity index (χ4v) is 4.04. The molecule has 0 aliphatic heterocycles. The molecule has 1 unspecified atom stereocenters. The van der Waals surface area contributed by atoms with Crippen LogP contribution in [-0.2, 0) is 9.53 Å². The van der Waals surface area contributed by atoms with Crippen molar-refractivity contribution in [2.45, 2.75) is 31.5 Å². The van der Waals surface area contributed by atoms with Gasteiger partial charge < -0.3 is 9.30 Å². The van der Waals surface area contributed by atoms with Gasteiger partial charge in [0.25, 0.3) is 0 Å². The van der Waals surface area contributed by atoms with E-state index in [4.69, 9.17) is 51.1 Å². The summed E-state index contributed by atoms with van der Waals surface area (Å²) in [6.45, 7) is 4.94. The van der Waals surface area contributed by atoms with E-state index in [-0.39, 0.29) is 12.4 Å². The Morgan fingerprint density at radius 1 is 1.15 bits per heavy atom. The first kappa shape index (κ1) is 20.5. The lowest BCUT2D eigenvalue weighted by Gasteiger charge is -2.12. The molecule has 0 radical (unpaired) electrons.